The molecular weight excluding hydrogens is 341 g/mol. The molecule has 1 aromatic heterocycles. The molecule has 3 nitrogen and oxygen atoms in total. The number of benzene rings is 2. The Morgan fingerprint density at radius 3 is 2.59 bits per heavy atom. The Bertz CT molecular complexity index is 1010. The van der Waals surface area contributed by atoms with E-state index >= 15 is 0 Å². The van der Waals surface area contributed by atoms with Crippen LogP contribution >= 0.6 is 0 Å². The van der Waals surface area contributed by atoms with Crippen LogP contribution in [0.5, 0.6) is 5.75 Å². The van der Waals surface area contributed by atoms with Crippen LogP contribution in [0.4, 0.5) is 4.39 Å². The maximum atomic E-state index is 13.9. The van der Waals surface area contributed by atoms with E-state index < -0.39 is 0 Å². The van der Waals surface area contributed by atoms with Crippen LogP contribution in [-0.4, -0.2) is 22.9 Å². The van der Waals surface area contributed by atoms with E-state index in [-0.39, 0.29) is 5.82 Å². The van der Waals surface area contributed by atoms with E-state index in [2.05, 4.69) is 4.57 Å². The second-order valence-electron chi connectivity index (χ2n) is 7.96. The number of phenolic OH excluding ortho intramolecular Hbond substituents is 1. The first kappa shape index (κ1) is 16.8. The van der Waals surface area contributed by atoms with Gasteiger partial charge in [0.2, 0.25) is 0 Å². The lowest BCUT2D eigenvalue weighted by Gasteiger charge is -2.28. The summed E-state index contributed by atoms with van der Waals surface area (Å²) in [7, 11) is 0. The van der Waals surface area contributed by atoms with Crippen molar-refractivity contribution in [2.45, 2.75) is 44.4 Å². The minimum atomic E-state index is -0.183. The van der Waals surface area contributed by atoms with E-state index in [1.165, 1.54) is 30.5 Å². The summed E-state index contributed by atoms with van der Waals surface area (Å²) in [6.45, 7) is 3.31. The fourth-order valence-corrected chi connectivity index (χ4v) is 4.65. The van der Waals surface area contributed by atoms with Crippen LogP contribution < -0.4 is 0 Å². The van der Waals surface area contributed by atoms with Crippen molar-refractivity contribution < 1.29 is 14.2 Å². The fraction of sp³-hybridized carbons (Fsp3) is 0.391. The van der Waals surface area contributed by atoms with Gasteiger partial charge in [0.25, 0.3) is 0 Å². The van der Waals surface area contributed by atoms with Crippen LogP contribution in [0.25, 0.3) is 16.6 Å². The number of halogens is 1. The highest BCUT2D eigenvalue weighted by Gasteiger charge is 2.33. The van der Waals surface area contributed by atoms with Gasteiger partial charge in [0.05, 0.1) is 12.1 Å². The first-order chi connectivity index (χ1) is 13.1. The Morgan fingerprint density at radius 1 is 1.07 bits per heavy atom. The van der Waals surface area contributed by atoms with Gasteiger partial charge in [0.1, 0.15) is 11.6 Å². The molecule has 2 heterocycles. The number of hydrogen-bond acceptors (Lipinski definition) is 2. The summed E-state index contributed by atoms with van der Waals surface area (Å²) < 4.78 is 21.9. The van der Waals surface area contributed by atoms with Crippen LogP contribution in [0.15, 0.2) is 36.4 Å². The van der Waals surface area contributed by atoms with Crippen molar-refractivity contribution in [2.75, 3.05) is 13.2 Å². The lowest BCUT2D eigenvalue weighted by atomic mass is 9.77. The molecule has 1 saturated heterocycles. The van der Waals surface area contributed by atoms with Crippen LogP contribution in [-0.2, 0) is 4.74 Å². The molecule has 1 N–H and O–H groups in total. The topological polar surface area (TPSA) is 34.4 Å². The third-order valence-electron chi connectivity index (χ3n) is 6.26. The second-order valence-corrected chi connectivity index (χ2v) is 7.96. The SMILES string of the molecule is Cc1cc(-n2c(C3CCOC3)c(C3CCC3)c3cc(O)ccc32)ccc1F. The third-order valence-corrected chi connectivity index (χ3v) is 6.26. The molecule has 0 amide bonds. The molecule has 0 bridgehead atoms. The molecule has 2 aliphatic rings. The molecule has 2 aromatic carbocycles. The molecule has 2 fully saturated rings. The molecule has 0 radical (unpaired) electrons. The number of rotatable bonds is 3. The zero-order valence-electron chi connectivity index (χ0n) is 15.5. The molecule has 4 heteroatoms. The van der Waals surface area contributed by atoms with Crippen LogP contribution in [0.3, 0.4) is 0 Å². The average Bonchev–Trinajstić information content (AvgIpc) is 3.23. The van der Waals surface area contributed by atoms with Gasteiger partial charge in [-0.1, -0.05) is 6.42 Å². The van der Waals surface area contributed by atoms with Crippen molar-refractivity contribution in [1.82, 2.24) is 4.57 Å². The first-order valence-electron chi connectivity index (χ1n) is 9.85. The summed E-state index contributed by atoms with van der Waals surface area (Å²) >= 11 is 0. The highest BCUT2D eigenvalue weighted by molar-refractivity contribution is 5.89. The number of aryl methyl sites for hydroxylation is 1. The number of aromatic nitrogens is 1. The minimum Gasteiger partial charge on any atom is -0.508 e. The van der Waals surface area contributed by atoms with Gasteiger partial charge in [0, 0.05) is 29.3 Å². The highest BCUT2D eigenvalue weighted by Crippen LogP contribution is 2.47. The lowest BCUT2D eigenvalue weighted by Crippen LogP contribution is -2.15. The van der Waals surface area contributed by atoms with Gasteiger partial charge in [-0.3, -0.25) is 0 Å². The summed E-state index contributed by atoms with van der Waals surface area (Å²) in [6, 6.07) is 11.0. The fourth-order valence-electron chi connectivity index (χ4n) is 4.65. The third kappa shape index (κ3) is 2.66. The molecule has 140 valence electrons. The zero-order valence-corrected chi connectivity index (χ0v) is 15.5. The Kier molecular flexibility index (Phi) is 3.97. The minimum absolute atomic E-state index is 0.183. The molecule has 1 aliphatic carbocycles. The number of phenols is 1. The highest BCUT2D eigenvalue weighted by atomic mass is 19.1. The Hall–Kier alpha value is -2.33. The van der Waals surface area contributed by atoms with Crippen LogP contribution in [0.1, 0.15) is 54.3 Å². The summed E-state index contributed by atoms with van der Waals surface area (Å²) in [5.74, 6) is 0.982. The van der Waals surface area contributed by atoms with Gasteiger partial charge in [0.15, 0.2) is 0 Å². The molecule has 3 aromatic rings. The molecule has 1 atom stereocenters. The molecule has 5 rings (SSSR count). The first-order valence-corrected chi connectivity index (χ1v) is 9.85. The summed E-state index contributed by atoms with van der Waals surface area (Å²) in [5, 5.41) is 11.3. The van der Waals surface area contributed by atoms with E-state index in [1.54, 1.807) is 12.1 Å². The van der Waals surface area contributed by atoms with E-state index in [0.29, 0.717) is 23.1 Å². The van der Waals surface area contributed by atoms with Crippen LogP contribution in [0, 0.1) is 12.7 Å². The van der Waals surface area contributed by atoms with E-state index in [0.717, 1.165) is 36.2 Å². The standard InChI is InChI=1S/C23H24FNO2/c1-14-11-17(5-7-20(14)24)25-21-8-6-18(26)12-19(21)22(15-3-2-4-15)23(25)16-9-10-27-13-16/h5-8,11-12,15-16,26H,2-4,9-10,13H2,1H3. The number of aromatic hydroxyl groups is 1. The second kappa shape index (κ2) is 6.38. The van der Waals surface area contributed by atoms with Crippen molar-refractivity contribution in [3.63, 3.8) is 0 Å². The van der Waals surface area contributed by atoms with Gasteiger partial charge in [-0.15, -0.1) is 0 Å². The van der Waals surface area contributed by atoms with E-state index in [4.69, 9.17) is 4.74 Å². The molecule has 1 aliphatic heterocycles. The lowest BCUT2D eigenvalue weighted by molar-refractivity contribution is 0.193. The Morgan fingerprint density at radius 2 is 1.93 bits per heavy atom. The maximum Gasteiger partial charge on any atom is 0.126 e. The van der Waals surface area contributed by atoms with Crippen LogP contribution in [0.2, 0.25) is 0 Å². The summed E-state index contributed by atoms with van der Waals surface area (Å²) in [4.78, 5) is 0. The Balaban J connectivity index is 1.84. The quantitative estimate of drug-likeness (QED) is 0.660. The van der Waals surface area contributed by atoms with E-state index in [9.17, 15) is 9.50 Å². The zero-order chi connectivity index (χ0) is 18.5. The van der Waals surface area contributed by atoms with Crippen molar-refractivity contribution in [3.8, 4) is 11.4 Å². The smallest absolute Gasteiger partial charge is 0.126 e. The summed E-state index contributed by atoms with van der Waals surface area (Å²) in [6.07, 6.45) is 4.64. The average molecular weight is 365 g/mol. The van der Waals surface area contributed by atoms with Crippen molar-refractivity contribution in [2.24, 2.45) is 0 Å². The van der Waals surface area contributed by atoms with Gasteiger partial charge < -0.3 is 14.4 Å². The number of hydrogen-bond donors (Lipinski definition) is 1. The normalized spacial score (nSPS) is 20.3. The molecular formula is C23H24FNO2. The molecule has 1 unspecified atom stereocenters. The van der Waals surface area contributed by atoms with Gasteiger partial charge >= 0.3 is 0 Å². The van der Waals surface area contributed by atoms with Gasteiger partial charge in [-0.05, 0) is 79.6 Å². The predicted octanol–water partition coefficient (Wildman–Crippen LogP) is 5.56. The largest absolute Gasteiger partial charge is 0.508 e. The van der Waals surface area contributed by atoms with E-state index in [1.807, 2.05) is 31.2 Å². The van der Waals surface area contributed by atoms with Gasteiger partial charge in [-0.2, -0.15) is 0 Å². The predicted molar refractivity (Wildman–Crippen MR) is 104 cm³/mol. The molecule has 27 heavy (non-hydrogen) atoms. The number of ether oxygens (including phenoxy) is 1. The monoisotopic (exact) mass is 365 g/mol. The number of fused-ring (bicyclic) bond motifs is 1. The molecule has 1 saturated carbocycles. The number of nitrogens with zero attached hydrogens (tertiary/aromatic N) is 1. The molecule has 0 spiro atoms. The van der Waals surface area contributed by atoms with Crippen molar-refractivity contribution in [3.05, 3.63) is 59.0 Å². The maximum absolute atomic E-state index is 13.9. The van der Waals surface area contributed by atoms with Crippen molar-refractivity contribution >= 4 is 10.9 Å². The summed E-state index contributed by atoms with van der Waals surface area (Å²) in [5.41, 5.74) is 5.38. The van der Waals surface area contributed by atoms with Gasteiger partial charge in [-0.25, -0.2) is 4.39 Å². The Labute approximate surface area is 158 Å². The van der Waals surface area contributed by atoms with Crippen molar-refractivity contribution in [1.29, 1.82) is 0 Å².